The van der Waals surface area contributed by atoms with Crippen LogP contribution in [0.15, 0.2) is 52.3 Å². The van der Waals surface area contributed by atoms with Gasteiger partial charge in [-0.05, 0) is 73.7 Å². The lowest BCUT2D eigenvalue weighted by atomic mass is 10.0. The van der Waals surface area contributed by atoms with Crippen LogP contribution >= 0.6 is 11.6 Å². The van der Waals surface area contributed by atoms with Crippen LogP contribution in [-0.4, -0.2) is 28.9 Å². The maximum atomic E-state index is 13.9. The van der Waals surface area contributed by atoms with Crippen LogP contribution in [0.3, 0.4) is 0 Å². The first-order valence-corrected chi connectivity index (χ1v) is 15.3. The number of pyridine rings is 1. The highest BCUT2D eigenvalue weighted by Gasteiger charge is 2.34. The second kappa shape index (κ2) is 10.4. The highest BCUT2D eigenvalue weighted by molar-refractivity contribution is 7.90. The van der Waals surface area contributed by atoms with Crippen molar-refractivity contribution in [3.8, 4) is 0 Å². The SMILES string of the molecule is Cc1cc([C@@H](C)Nc2ccc(Cl)nc2S(=O)(=O)NC(=O)C2CC2)c2nc(N3Cc4ccc(F)cc4C3)n(C)c(=O)c2c1. The maximum absolute atomic E-state index is 13.9. The number of benzene rings is 2. The van der Waals surface area contributed by atoms with Crippen LogP contribution in [0, 0.1) is 18.7 Å². The van der Waals surface area contributed by atoms with Gasteiger partial charge in [-0.2, -0.15) is 8.42 Å². The number of hydrogen-bond acceptors (Lipinski definition) is 8. The third-order valence-electron chi connectivity index (χ3n) is 7.61. The Morgan fingerprint density at radius 1 is 1.10 bits per heavy atom. The molecule has 4 aromatic rings. The van der Waals surface area contributed by atoms with E-state index in [1.54, 1.807) is 19.2 Å². The van der Waals surface area contributed by atoms with E-state index < -0.39 is 27.0 Å². The molecule has 10 nitrogen and oxygen atoms in total. The predicted octanol–water partition coefficient (Wildman–Crippen LogP) is 4.34. The van der Waals surface area contributed by atoms with E-state index in [0.717, 1.165) is 16.7 Å². The van der Waals surface area contributed by atoms with Crippen molar-refractivity contribution in [1.82, 2.24) is 19.3 Å². The van der Waals surface area contributed by atoms with E-state index in [1.165, 1.54) is 28.8 Å². The Kier molecular flexibility index (Phi) is 6.93. The number of rotatable bonds is 7. The zero-order chi connectivity index (χ0) is 29.9. The van der Waals surface area contributed by atoms with E-state index in [9.17, 15) is 22.4 Å². The summed E-state index contributed by atoms with van der Waals surface area (Å²) < 4.78 is 43.7. The Hall–Kier alpha value is -4.03. The number of nitrogens with one attached hydrogen (secondary N) is 2. The van der Waals surface area contributed by atoms with Crippen LogP contribution in [0.2, 0.25) is 5.15 Å². The van der Waals surface area contributed by atoms with Crippen molar-refractivity contribution in [2.75, 3.05) is 10.2 Å². The Labute approximate surface area is 246 Å². The molecule has 0 radical (unpaired) electrons. The van der Waals surface area contributed by atoms with E-state index >= 15 is 0 Å². The van der Waals surface area contributed by atoms with Gasteiger partial charge in [-0.25, -0.2) is 19.1 Å². The topological polar surface area (TPSA) is 126 Å². The molecule has 42 heavy (non-hydrogen) atoms. The fraction of sp³-hybridized carbons (Fsp3) is 0.310. The van der Waals surface area contributed by atoms with Crippen LogP contribution in [0.25, 0.3) is 10.9 Å². The first kappa shape index (κ1) is 28.1. The van der Waals surface area contributed by atoms with Gasteiger partial charge in [0.05, 0.1) is 22.6 Å². The highest BCUT2D eigenvalue weighted by atomic mass is 35.5. The van der Waals surface area contributed by atoms with Gasteiger partial charge in [0.15, 0.2) is 0 Å². The minimum absolute atomic E-state index is 0.0465. The lowest BCUT2D eigenvalue weighted by Crippen LogP contribution is -2.33. The number of sulfonamides is 1. The quantitative estimate of drug-likeness (QED) is 0.296. The van der Waals surface area contributed by atoms with Gasteiger partial charge in [0.25, 0.3) is 15.6 Å². The molecule has 1 amide bonds. The van der Waals surface area contributed by atoms with Crippen LogP contribution < -0.4 is 20.5 Å². The minimum atomic E-state index is -4.32. The first-order chi connectivity index (χ1) is 19.9. The molecule has 0 unspecified atom stereocenters. The zero-order valence-corrected chi connectivity index (χ0v) is 24.7. The van der Waals surface area contributed by atoms with Crippen LogP contribution in [-0.2, 0) is 35.0 Å². The number of amides is 1. The average molecular weight is 611 g/mol. The second-order valence-electron chi connectivity index (χ2n) is 10.9. The summed E-state index contributed by atoms with van der Waals surface area (Å²) in [5, 5.41) is 3.14. The summed E-state index contributed by atoms with van der Waals surface area (Å²) in [5.74, 6) is -0.780. The van der Waals surface area contributed by atoms with Crippen molar-refractivity contribution >= 4 is 50.1 Å². The average Bonchev–Trinajstić information content (AvgIpc) is 3.71. The molecule has 1 fully saturated rings. The van der Waals surface area contributed by atoms with Gasteiger partial charge >= 0.3 is 0 Å². The van der Waals surface area contributed by atoms with Gasteiger partial charge in [0.2, 0.25) is 16.9 Å². The minimum Gasteiger partial charge on any atom is -0.376 e. The molecule has 218 valence electrons. The maximum Gasteiger partial charge on any atom is 0.283 e. The monoisotopic (exact) mass is 610 g/mol. The zero-order valence-electron chi connectivity index (χ0n) is 23.1. The Balaban J connectivity index is 1.39. The van der Waals surface area contributed by atoms with E-state index in [1.807, 2.05) is 24.8 Å². The molecule has 0 spiro atoms. The molecule has 2 N–H and O–H groups in total. The van der Waals surface area contributed by atoms with Gasteiger partial charge < -0.3 is 10.2 Å². The van der Waals surface area contributed by atoms with Gasteiger partial charge in [0, 0.05) is 31.6 Å². The standard InChI is InChI=1S/C29H28ClFN6O4S/c1-15-10-21(16(2)32-23-8-9-24(30)33-27(23)42(40,41)35-26(38)17-4-5-17)25-22(11-15)28(39)36(3)29(34-25)37-13-18-6-7-20(31)12-19(18)14-37/h6-12,16-17,32H,4-5,13-14H2,1-3H3,(H,35,38)/t16-/m1/s1. The number of carbonyl (C=O) groups is 1. The van der Waals surface area contributed by atoms with Crippen LogP contribution in [0.1, 0.15) is 48.1 Å². The molecule has 1 aliphatic heterocycles. The molecule has 13 heteroatoms. The third kappa shape index (κ3) is 5.20. The number of aromatic nitrogens is 3. The molecular weight excluding hydrogens is 583 g/mol. The molecule has 1 saturated carbocycles. The van der Waals surface area contributed by atoms with E-state index in [0.29, 0.717) is 48.3 Å². The van der Waals surface area contributed by atoms with Gasteiger partial charge in [-0.3, -0.25) is 14.2 Å². The Morgan fingerprint density at radius 3 is 2.57 bits per heavy atom. The molecular formula is C29H28ClFN6O4S. The molecule has 3 heterocycles. The number of carbonyl (C=O) groups excluding carboxylic acids is 1. The number of anilines is 2. The number of fused-ring (bicyclic) bond motifs is 2. The lowest BCUT2D eigenvalue weighted by Gasteiger charge is -2.23. The molecule has 1 atom stereocenters. The van der Waals surface area contributed by atoms with Crippen molar-refractivity contribution in [1.29, 1.82) is 0 Å². The van der Waals surface area contributed by atoms with E-state index in [2.05, 4.69) is 15.0 Å². The Morgan fingerprint density at radius 2 is 1.83 bits per heavy atom. The highest BCUT2D eigenvalue weighted by Crippen LogP contribution is 2.33. The molecule has 2 aromatic carbocycles. The van der Waals surface area contributed by atoms with Gasteiger partial charge in [0.1, 0.15) is 11.0 Å². The van der Waals surface area contributed by atoms with Gasteiger partial charge in [-0.15, -0.1) is 0 Å². The first-order valence-electron chi connectivity index (χ1n) is 13.4. The number of halogens is 2. The van der Waals surface area contributed by atoms with Crippen molar-refractivity contribution in [2.45, 2.75) is 50.8 Å². The van der Waals surface area contributed by atoms with E-state index in [-0.39, 0.29) is 28.1 Å². The van der Waals surface area contributed by atoms with Crippen LogP contribution in [0.5, 0.6) is 0 Å². The summed E-state index contributed by atoms with van der Waals surface area (Å²) in [5.41, 5.74) is 3.62. The van der Waals surface area contributed by atoms with Crippen molar-refractivity contribution in [3.05, 3.63) is 86.0 Å². The summed E-state index contributed by atoms with van der Waals surface area (Å²) in [7, 11) is -2.66. The normalized spacial score (nSPS) is 15.5. The van der Waals surface area contributed by atoms with Crippen molar-refractivity contribution in [2.24, 2.45) is 13.0 Å². The van der Waals surface area contributed by atoms with Crippen LogP contribution in [0.4, 0.5) is 16.0 Å². The molecule has 2 aliphatic rings. The summed E-state index contributed by atoms with van der Waals surface area (Å²) in [6.45, 7) is 4.55. The second-order valence-corrected chi connectivity index (χ2v) is 12.9. The lowest BCUT2D eigenvalue weighted by molar-refractivity contribution is -0.120. The van der Waals surface area contributed by atoms with Gasteiger partial charge in [-0.1, -0.05) is 23.7 Å². The molecule has 0 saturated heterocycles. The third-order valence-corrected chi connectivity index (χ3v) is 9.11. The molecule has 0 bridgehead atoms. The largest absolute Gasteiger partial charge is 0.376 e. The number of hydrogen-bond donors (Lipinski definition) is 2. The molecule has 6 rings (SSSR count). The number of aryl methyl sites for hydroxylation is 1. The fourth-order valence-electron chi connectivity index (χ4n) is 5.31. The van der Waals surface area contributed by atoms with Crippen molar-refractivity contribution < 1.29 is 17.6 Å². The predicted molar refractivity (Wildman–Crippen MR) is 157 cm³/mol. The van der Waals surface area contributed by atoms with E-state index in [4.69, 9.17) is 16.6 Å². The summed E-state index contributed by atoms with van der Waals surface area (Å²) in [4.78, 5) is 36.7. The van der Waals surface area contributed by atoms with Crippen molar-refractivity contribution in [3.63, 3.8) is 0 Å². The summed E-state index contributed by atoms with van der Waals surface area (Å²) >= 11 is 6.05. The Bertz CT molecular complexity index is 1940. The molecule has 2 aromatic heterocycles. The molecule has 1 aliphatic carbocycles. The number of nitrogens with zero attached hydrogens (tertiary/aromatic N) is 4. The summed E-state index contributed by atoms with van der Waals surface area (Å²) in [6.07, 6.45) is 1.28. The fourth-order valence-corrected chi connectivity index (χ4v) is 6.67. The summed E-state index contributed by atoms with van der Waals surface area (Å²) in [6, 6.07) is 10.7. The smallest absolute Gasteiger partial charge is 0.283 e.